The van der Waals surface area contributed by atoms with Gasteiger partial charge in [0.15, 0.2) is 0 Å². The number of nitrogens with one attached hydrogen (secondary N) is 3. The number of urea groups is 1. The van der Waals surface area contributed by atoms with E-state index in [0.29, 0.717) is 43.1 Å². The monoisotopic (exact) mass is 722 g/mol. The summed E-state index contributed by atoms with van der Waals surface area (Å²) in [4.78, 5) is 47.1. The molecule has 2 aromatic carbocycles. The zero-order valence-electron chi connectivity index (χ0n) is 29.0. The van der Waals surface area contributed by atoms with Gasteiger partial charge in [0, 0.05) is 47.6 Å². The Labute approximate surface area is 304 Å². The van der Waals surface area contributed by atoms with Crippen LogP contribution >= 0.6 is 24.0 Å². The summed E-state index contributed by atoms with van der Waals surface area (Å²) in [6.07, 6.45) is 4.75. The molecule has 3 atom stereocenters. The van der Waals surface area contributed by atoms with Gasteiger partial charge in [0.05, 0.1) is 23.9 Å². The maximum Gasteiger partial charge on any atom is 0.407 e. The lowest BCUT2D eigenvalue weighted by Gasteiger charge is -2.28. The molecular formula is C37H50N6O5S2. The molecular weight excluding hydrogens is 673 g/mol. The van der Waals surface area contributed by atoms with Crippen LogP contribution in [0.2, 0.25) is 0 Å². The van der Waals surface area contributed by atoms with E-state index in [9.17, 15) is 14.4 Å². The maximum atomic E-state index is 13.9. The number of hydrogen-bond acceptors (Lipinski definition) is 9. The van der Waals surface area contributed by atoms with Crippen molar-refractivity contribution in [3.05, 3.63) is 99.0 Å². The van der Waals surface area contributed by atoms with Crippen LogP contribution in [0.1, 0.15) is 67.3 Å². The number of thiazole rings is 1. The number of aromatic nitrogens is 1. The molecule has 0 unspecified atom stereocenters. The number of carbonyl (C=O) groups excluding carboxylic acids is 3. The van der Waals surface area contributed by atoms with Gasteiger partial charge in [-0.2, -0.15) is 0 Å². The average molecular weight is 723 g/mol. The van der Waals surface area contributed by atoms with E-state index in [-0.39, 0.29) is 43.3 Å². The lowest BCUT2D eigenvalue weighted by molar-refractivity contribution is -0.125. The largest absolute Gasteiger partial charge is 0.444 e. The highest BCUT2D eigenvalue weighted by atomic mass is 32.1. The van der Waals surface area contributed by atoms with Crippen LogP contribution in [0.25, 0.3) is 0 Å². The first-order valence-electron chi connectivity index (χ1n) is 17.1. The summed E-state index contributed by atoms with van der Waals surface area (Å²) in [5.74, 6) is -0.0247. The molecule has 0 radical (unpaired) electrons. The van der Waals surface area contributed by atoms with Crippen molar-refractivity contribution in [1.29, 1.82) is 0 Å². The van der Waals surface area contributed by atoms with E-state index in [1.54, 1.807) is 16.2 Å². The number of benzene rings is 2. The first-order chi connectivity index (χ1) is 24.1. The highest BCUT2D eigenvalue weighted by Gasteiger charge is 2.35. The third-order valence-corrected chi connectivity index (χ3v) is 9.79. The lowest BCUT2D eigenvalue weighted by Crippen LogP contribution is -2.55. The van der Waals surface area contributed by atoms with Crippen LogP contribution in [-0.2, 0) is 33.7 Å². The Morgan fingerprint density at radius 2 is 1.58 bits per heavy atom. The summed E-state index contributed by atoms with van der Waals surface area (Å²) in [5, 5.41) is 12.1. The number of nitrogens with two attached hydrogens (primary N) is 1. The molecule has 1 aromatic heterocycles. The molecule has 0 bridgehead atoms. The lowest BCUT2D eigenvalue weighted by atomic mass is 9.96. The van der Waals surface area contributed by atoms with Gasteiger partial charge >= 0.3 is 12.1 Å². The molecule has 1 saturated carbocycles. The normalized spacial score (nSPS) is 14.8. The van der Waals surface area contributed by atoms with E-state index in [4.69, 9.17) is 20.2 Å². The highest BCUT2D eigenvalue weighted by Crippen LogP contribution is 2.29. The summed E-state index contributed by atoms with van der Waals surface area (Å²) < 4.78 is 10.7. The van der Waals surface area contributed by atoms with Crippen molar-refractivity contribution in [3.8, 4) is 0 Å². The van der Waals surface area contributed by atoms with Crippen molar-refractivity contribution in [2.45, 2.75) is 89.0 Å². The molecule has 1 aliphatic rings. The van der Waals surface area contributed by atoms with E-state index in [1.807, 2.05) is 66.0 Å². The third-order valence-electron chi connectivity index (χ3n) is 8.32. The molecule has 0 saturated heterocycles. The molecule has 0 spiro atoms. The van der Waals surface area contributed by atoms with Gasteiger partial charge in [0.1, 0.15) is 12.6 Å². The number of amides is 4. The first-order valence-corrected chi connectivity index (χ1v) is 18.4. The number of alkyl carbamates (subject to hydrolysis) is 1. The van der Waals surface area contributed by atoms with Crippen LogP contribution in [0.4, 0.5) is 9.59 Å². The number of methoxy groups -OCH3 is 1. The van der Waals surface area contributed by atoms with Gasteiger partial charge in [-0.25, -0.2) is 14.6 Å². The van der Waals surface area contributed by atoms with Gasteiger partial charge in [0.25, 0.3) is 0 Å². The van der Waals surface area contributed by atoms with Crippen LogP contribution in [0.15, 0.2) is 77.1 Å². The summed E-state index contributed by atoms with van der Waals surface area (Å²) in [5.41, 5.74) is 8.42. The molecule has 11 nitrogen and oxygen atoms in total. The van der Waals surface area contributed by atoms with Gasteiger partial charge in [0.2, 0.25) is 5.91 Å². The predicted molar refractivity (Wildman–Crippen MR) is 200 cm³/mol. The van der Waals surface area contributed by atoms with Gasteiger partial charge in [-0.15, -0.1) is 24.0 Å². The topological polar surface area (TPSA) is 148 Å². The number of thiol groups is 1. The second kappa shape index (κ2) is 19.9. The van der Waals surface area contributed by atoms with Crippen molar-refractivity contribution >= 4 is 42.0 Å². The van der Waals surface area contributed by atoms with Gasteiger partial charge in [-0.3, -0.25) is 4.79 Å². The van der Waals surface area contributed by atoms with E-state index in [2.05, 4.69) is 42.4 Å². The molecule has 5 N–H and O–H groups in total. The number of hydrogen-bond donors (Lipinski definition) is 5. The summed E-state index contributed by atoms with van der Waals surface area (Å²) in [6, 6.07) is 18.1. The van der Waals surface area contributed by atoms with E-state index in [0.717, 1.165) is 34.7 Å². The molecule has 1 heterocycles. The minimum atomic E-state index is -0.909. The molecule has 0 aliphatic heterocycles. The average Bonchev–Trinajstić information content (AvgIpc) is 3.84. The van der Waals surface area contributed by atoms with Crippen LogP contribution in [0.3, 0.4) is 0 Å². The molecule has 4 rings (SSSR count). The summed E-state index contributed by atoms with van der Waals surface area (Å²) in [7, 11) is 1.51. The quantitative estimate of drug-likeness (QED) is 0.102. The SMILES string of the molecule is COC[C@H](NC(=O)N(Cc1csc(C(C)C)n1)C1CC1)C(=O)N[C@H](CC[C@H](Cc1ccccc1)NC(=O)OC/C(S)=C/N)Cc1ccccc1. The Balaban J connectivity index is 1.45. The van der Waals surface area contributed by atoms with Crippen molar-refractivity contribution in [3.63, 3.8) is 0 Å². The minimum Gasteiger partial charge on any atom is -0.444 e. The summed E-state index contributed by atoms with van der Waals surface area (Å²) in [6.45, 7) is 4.55. The number of nitrogens with zero attached hydrogens (tertiary/aromatic N) is 2. The van der Waals surface area contributed by atoms with E-state index < -0.39 is 12.1 Å². The van der Waals surface area contributed by atoms with E-state index in [1.165, 1.54) is 13.3 Å². The highest BCUT2D eigenvalue weighted by molar-refractivity contribution is 7.84. The molecule has 1 fully saturated rings. The van der Waals surface area contributed by atoms with Crippen molar-refractivity contribution in [1.82, 2.24) is 25.8 Å². The van der Waals surface area contributed by atoms with Gasteiger partial charge < -0.3 is 36.1 Å². The standard InChI is InChI=1S/C37H50N6O5S2/c1-25(2)35-40-30(24-50-35)21-43(31-16-17-31)36(45)42-33(23-47-3)34(44)39-28(18-26-10-6-4-7-11-26)14-15-29(19-27-12-8-5-9-13-27)41-37(46)48-22-32(49)20-38/h4-13,20,24-25,28-29,31,33,49H,14-19,21-23,38H2,1-3H3,(H,39,44)(H,41,46)(H,42,45)/b32-20-/t28-,29-,33+/m1/s1. The third kappa shape index (κ3) is 13.0. The fraction of sp³-hybridized carbons (Fsp3) is 0.459. The fourth-order valence-corrected chi connectivity index (χ4v) is 6.41. The predicted octanol–water partition coefficient (Wildman–Crippen LogP) is 5.53. The molecule has 1 aliphatic carbocycles. The van der Waals surface area contributed by atoms with Crippen LogP contribution in [0, 0.1) is 0 Å². The zero-order valence-corrected chi connectivity index (χ0v) is 30.8. The molecule has 50 heavy (non-hydrogen) atoms. The number of carbonyl (C=O) groups is 3. The smallest absolute Gasteiger partial charge is 0.407 e. The van der Waals surface area contributed by atoms with E-state index >= 15 is 0 Å². The van der Waals surface area contributed by atoms with Crippen LogP contribution in [-0.4, -0.2) is 72.4 Å². The second-order valence-corrected chi connectivity index (χ2v) is 14.4. The Bertz CT molecular complexity index is 1530. The van der Waals surface area contributed by atoms with Gasteiger partial charge in [-0.05, 0) is 49.7 Å². The number of ether oxygens (including phenoxy) is 2. The zero-order chi connectivity index (χ0) is 35.9. The second-order valence-electron chi connectivity index (χ2n) is 12.9. The van der Waals surface area contributed by atoms with Crippen molar-refractivity contribution in [2.24, 2.45) is 5.73 Å². The molecule has 270 valence electrons. The van der Waals surface area contributed by atoms with Gasteiger partial charge in [-0.1, -0.05) is 74.5 Å². The maximum absolute atomic E-state index is 13.9. The van der Waals surface area contributed by atoms with Crippen molar-refractivity contribution < 1.29 is 23.9 Å². The number of rotatable bonds is 19. The Kier molecular flexibility index (Phi) is 15.5. The molecule has 13 heteroatoms. The Morgan fingerprint density at radius 1 is 0.980 bits per heavy atom. The molecule has 3 aromatic rings. The fourth-order valence-electron chi connectivity index (χ4n) is 5.52. The Hall–Kier alpha value is -4.07. The first kappa shape index (κ1) is 38.7. The Morgan fingerprint density at radius 3 is 2.10 bits per heavy atom. The van der Waals surface area contributed by atoms with Crippen LogP contribution < -0.4 is 21.7 Å². The minimum absolute atomic E-state index is 0.0107. The van der Waals surface area contributed by atoms with Crippen LogP contribution in [0.5, 0.6) is 0 Å². The molecule has 4 amide bonds. The summed E-state index contributed by atoms with van der Waals surface area (Å²) >= 11 is 5.78. The van der Waals surface area contributed by atoms with Crippen molar-refractivity contribution in [2.75, 3.05) is 20.3 Å².